The molecule has 2 heterocycles. The summed E-state index contributed by atoms with van der Waals surface area (Å²) in [6.07, 6.45) is 4.32. The molecule has 2 amide bonds. The van der Waals surface area contributed by atoms with Crippen molar-refractivity contribution in [3.63, 3.8) is 0 Å². The van der Waals surface area contributed by atoms with Gasteiger partial charge in [-0.15, -0.1) is 0 Å². The number of nitrogens with zero attached hydrogens (tertiary/aromatic N) is 3. The minimum absolute atomic E-state index is 0.0121. The maximum absolute atomic E-state index is 12.9. The number of carbonyl (C=O) groups is 2. The average Bonchev–Trinajstić information content (AvgIpc) is 2.79. The first-order valence-corrected chi connectivity index (χ1v) is 8.46. The lowest BCUT2D eigenvalue weighted by Gasteiger charge is -2.25. The summed E-state index contributed by atoms with van der Waals surface area (Å²) in [5, 5.41) is 11.4. The Bertz CT molecular complexity index is 698. The Morgan fingerprint density at radius 1 is 1.16 bits per heavy atom. The second-order valence-corrected chi connectivity index (χ2v) is 6.35. The van der Waals surface area contributed by atoms with Gasteiger partial charge in [-0.1, -0.05) is 12.8 Å². The molecule has 8 nitrogen and oxygen atoms in total. The third-order valence-electron chi connectivity index (χ3n) is 4.82. The quantitative estimate of drug-likeness (QED) is 0.470. The number of benzene rings is 1. The van der Waals surface area contributed by atoms with Crippen LogP contribution in [0.15, 0.2) is 18.2 Å². The zero-order chi connectivity index (χ0) is 18.0. The summed E-state index contributed by atoms with van der Waals surface area (Å²) in [5.74, 6) is -0.466. The number of anilines is 1. The molecule has 1 atom stereocenters. The molecule has 1 unspecified atom stereocenters. The molecule has 2 saturated heterocycles. The summed E-state index contributed by atoms with van der Waals surface area (Å²) < 4.78 is 5.01. The summed E-state index contributed by atoms with van der Waals surface area (Å²) in [7, 11) is 1.40. The predicted octanol–water partition coefficient (Wildman–Crippen LogP) is 2.11. The lowest BCUT2D eigenvalue weighted by atomic mass is 10.2. The zero-order valence-electron chi connectivity index (χ0n) is 14.1. The smallest absolute Gasteiger partial charge is 0.297 e. The highest BCUT2D eigenvalue weighted by molar-refractivity contribution is 6.23. The third-order valence-corrected chi connectivity index (χ3v) is 4.82. The van der Waals surface area contributed by atoms with Crippen LogP contribution in [0.1, 0.15) is 32.1 Å². The van der Waals surface area contributed by atoms with E-state index in [1.807, 2.05) is 4.90 Å². The maximum Gasteiger partial charge on any atom is 0.297 e. The predicted molar refractivity (Wildman–Crippen MR) is 90.6 cm³/mol. The number of hydrogen-bond acceptors (Lipinski definition) is 6. The highest BCUT2D eigenvalue weighted by atomic mass is 16.6. The molecule has 0 saturated carbocycles. The number of nitro groups is 1. The van der Waals surface area contributed by atoms with Crippen molar-refractivity contribution < 1.29 is 19.2 Å². The van der Waals surface area contributed by atoms with Gasteiger partial charge >= 0.3 is 0 Å². The number of imide groups is 1. The molecule has 2 aliphatic heterocycles. The molecule has 0 N–H and O–H groups in total. The standard InChI is InChI=1S/C17H21N3O5/c1-25-12-6-7-13(14(10-12)20(23)24)19-16(21)11-15(17(19)22)18-8-4-2-3-5-9-18/h6-7,10,15H,2-5,8-9,11H2,1H3. The molecule has 134 valence electrons. The van der Waals surface area contributed by atoms with Crippen molar-refractivity contribution in [3.8, 4) is 5.75 Å². The van der Waals surface area contributed by atoms with E-state index in [1.165, 1.54) is 25.3 Å². The number of hydrogen-bond donors (Lipinski definition) is 0. The first kappa shape index (κ1) is 17.3. The van der Waals surface area contributed by atoms with E-state index in [9.17, 15) is 19.7 Å². The number of ether oxygens (including phenoxy) is 1. The maximum atomic E-state index is 12.9. The van der Waals surface area contributed by atoms with E-state index in [-0.39, 0.29) is 23.7 Å². The number of nitro benzene ring substituents is 1. The normalized spacial score (nSPS) is 22.1. The molecule has 0 aromatic heterocycles. The van der Waals surface area contributed by atoms with Crippen LogP contribution in [0.2, 0.25) is 0 Å². The zero-order valence-corrected chi connectivity index (χ0v) is 14.1. The summed E-state index contributed by atoms with van der Waals surface area (Å²) in [6, 6.07) is 3.63. The number of methoxy groups -OCH3 is 1. The number of likely N-dealkylation sites (tertiary alicyclic amines) is 1. The highest BCUT2D eigenvalue weighted by Gasteiger charge is 2.44. The van der Waals surface area contributed by atoms with E-state index in [0.29, 0.717) is 5.75 Å². The summed E-state index contributed by atoms with van der Waals surface area (Å²) in [5.41, 5.74) is -0.296. The largest absolute Gasteiger partial charge is 0.496 e. The van der Waals surface area contributed by atoms with Crippen LogP contribution >= 0.6 is 0 Å². The summed E-state index contributed by atoms with van der Waals surface area (Å²) in [6.45, 7) is 1.56. The van der Waals surface area contributed by atoms with Crippen LogP contribution in [0.25, 0.3) is 0 Å². The second-order valence-electron chi connectivity index (χ2n) is 6.35. The molecule has 0 aliphatic carbocycles. The van der Waals surface area contributed by atoms with E-state index in [4.69, 9.17) is 4.74 Å². The molecule has 3 rings (SSSR count). The first-order valence-electron chi connectivity index (χ1n) is 8.46. The van der Waals surface area contributed by atoms with Gasteiger partial charge in [0, 0.05) is 0 Å². The molecule has 1 aromatic rings. The van der Waals surface area contributed by atoms with Gasteiger partial charge in [0.15, 0.2) is 0 Å². The van der Waals surface area contributed by atoms with E-state index >= 15 is 0 Å². The molecule has 0 bridgehead atoms. The van der Waals surface area contributed by atoms with Crippen molar-refractivity contribution in [2.24, 2.45) is 0 Å². The number of amides is 2. The van der Waals surface area contributed by atoms with Crippen LogP contribution in [0, 0.1) is 10.1 Å². The topological polar surface area (TPSA) is 93.0 Å². The van der Waals surface area contributed by atoms with Crippen LogP contribution in [-0.4, -0.2) is 47.9 Å². The van der Waals surface area contributed by atoms with Gasteiger partial charge in [0.25, 0.3) is 11.6 Å². The van der Waals surface area contributed by atoms with Crippen LogP contribution in [0.5, 0.6) is 5.75 Å². The Labute approximate surface area is 145 Å². The fourth-order valence-corrected chi connectivity index (χ4v) is 3.53. The Morgan fingerprint density at radius 3 is 2.44 bits per heavy atom. The molecule has 25 heavy (non-hydrogen) atoms. The second kappa shape index (κ2) is 7.18. The SMILES string of the molecule is COc1ccc(N2C(=O)CC(N3CCCCCC3)C2=O)c([N+](=O)[O-])c1. The number of carbonyl (C=O) groups excluding carboxylic acids is 2. The minimum Gasteiger partial charge on any atom is -0.496 e. The number of rotatable bonds is 4. The van der Waals surface area contributed by atoms with Gasteiger partial charge in [-0.3, -0.25) is 24.6 Å². The average molecular weight is 347 g/mol. The molecule has 0 radical (unpaired) electrons. The summed E-state index contributed by atoms with van der Waals surface area (Å²) >= 11 is 0. The van der Waals surface area contributed by atoms with Crippen molar-refractivity contribution in [3.05, 3.63) is 28.3 Å². The van der Waals surface area contributed by atoms with E-state index in [2.05, 4.69) is 0 Å². The van der Waals surface area contributed by atoms with Crippen molar-refractivity contribution in [1.82, 2.24) is 4.90 Å². The van der Waals surface area contributed by atoms with Gasteiger partial charge in [-0.25, -0.2) is 4.90 Å². The van der Waals surface area contributed by atoms with Crippen LogP contribution in [0.4, 0.5) is 11.4 Å². The Morgan fingerprint density at radius 2 is 1.84 bits per heavy atom. The molecule has 8 heteroatoms. The highest BCUT2D eigenvalue weighted by Crippen LogP contribution is 2.36. The molecular weight excluding hydrogens is 326 g/mol. The van der Waals surface area contributed by atoms with Gasteiger partial charge in [0.05, 0.1) is 30.6 Å². The Balaban J connectivity index is 1.91. The fourth-order valence-electron chi connectivity index (χ4n) is 3.53. The van der Waals surface area contributed by atoms with E-state index in [1.54, 1.807) is 0 Å². The van der Waals surface area contributed by atoms with Crippen molar-refractivity contribution in [2.75, 3.05) is 25.1 Å². The Kier molecular flexibility index (Phi) is 4.98. The van der Waals surface area contributed by atoms with Gasteiger partial charge in [0.1, 0.15) is 11.4 Å². The van der Waals surface area contributed by atoms with Crippen molar-refractivity contribution >= 4 is 23.2 Å². The van der Waals surface area contributed by atoms with Crippen LogP contribution < -0.4 is 9.64 Å². The van der Waals surface area contributed by atoms with Gasteiger partial charge in [0.2, 0.25) is 5.91 Å². The fraction of sp³-hybridized carbons (Fsp3) is 0.529. The van der Waals surface area contributed by atoms with Crippen molar-refractivity contribution in [1.29, 1.82) is 0 Å². The van der Waals surface area contributed by atoms with E-state index < -0.39 is 16.9 Å². The van der Waals surface area contributed by atoms with E-state index in [0.717, 1.165) is 43.7 Å². The molecule has 1 aromatic carbocycles. The summed E-state index contributed by atoms with van der Waals surface area (Å²) in [4.78, 5) is 39.1. The monoisotopic (exact) mass is 347 g/mol. The molecule has 2 fully saturated rings. The molecule has 0 spiro atoms. The first-order chi connectivity index (χ1) is 12.0. The third kappa shape index (κ3) is 3.34. The lowest BCUT2D eigenvalue weighted by molar-refractivity contribution is -0.384. The molecular formula is C17H21N3O5. The van der Waals surface area contributed by atoms with Gasteiger partial charge < -0.3 is 4.74 Å². The minimum atomic E-state index is -0.600. The van der Waals surface area contributed by atoms with Gasteiger partial charge in [-0.05, 0) is 38.1 Å². The van der Waals surface area contributed by atoms with Gasteiger partial charge in [-0.2, -0.15) is 0 Å². The Hall–Kier alpha value is -2.48. The lowest BCUT2D eigenvalue weighted by Crippen LogP contribution is -2.42. The molecule has 2 aliphatic rings. The van der Waals surface area contributed by atoms with Crippen LogP contribution in [0.3, 0.4) is 0 Å². The van der Waals surface area contributed by atoms with Crippen LogP contribution in [-0.2, 0) is 9.59 Å². The van der Waals surface area contributed by atoms with Crippen molar-refractivity contribution in [2.45, 2.75) is 38.1 Å².